The summed E-state index contributed by atoms with van der Waals surface area (Å²) in [5.74, 6) is 0.168. The minimum absolute atomic E-state index is 0.168. The molecular formula is C9H4ClF2N5. The van der Waals surface area contributed by atoms with Crippen molar-refractivity contribution in [3.63, 3.8) is 0 Å². The second-order valence-corrected chi connectivity index (χ2v) is 3.32. The highest BCUT2D eigenvalue weighted by molar-refractivity contribution is 6.31. The number of rotatable bonds is 2. The molecule has 8 heteroatoms. The quantitative estimate of drug-likeness (QED) is 0.824. The van der Waals surface area contributed by atoms with Crippen molar-refractivity contribution in [2.24, 2.45) is 0 Å². The van der Waals surface area contributed by atoms with Crippen molar-refractivity contribution in [1.82, 2.24) is 20.0 Å². The SMILES string of the molecule is N#Cc1c(C(F)F)nn(-c2cccnn2)c1Cl. The van der Waals surface area contributed by atoms with Gasteiger partial charge in [-0.3, -0.25) is 0 Å². The molecule has 2 aromatic heterocycles. The van der Waals surface area contributed by atoms with Gasteiger partial charge in [-0.15, -0.1) is 5.10 Å². The molecule has 0 spiro atoms. The first-order chi connectivity index (χ1) is 8.15. The van der Waals surface area contributed by atoms with Gasteiger partial charge < -0.3 is 0 Å². The molecule has 0 aliphatic carbocycles. The Kier molecular flexibility index (Phi) is 2.97. The van der Waals surface area contributed by atoms with Gasteiger partial charge in [-0.1, -0.05) is 11.6 Å². The molecule has 0 radical (unpaired) electrons. The van der Waals surface area contributed by atoms with E-state index in [1.807, 2.05) is 0 Å². The van der Waals surface area contributed by atoms with E-state index < -0.39 is 12.1 Å². The summed E-state index contributed by atoms with van der Waals surface area (Å²) in [5.41, 5.74) is -1.02. The van der Waals surface area contributed by atoms with E-state index in [0.717, 1.165) is 4.68 Å². The molecule has 0 unspecified atom stereocenters. The number of aromatic nitrogens is 4. The Morgan fingerprint density at radius 3 is 2.71 bits per heavy atom. The van der Waals surface area contributed by atoms with Crippen molar-refractivity contribution < 1.29 is 8.78 Å². The molecule has 2 heterocycles. The molecule has 86 valence electrons. The summed E-state index contributed by atoms with van der Waals surface area (Å²) in [7, 11) is 0. The van der Waals surface area contributed by atoms with E-state index in [9.17, 15) is 8.78 Å². The molecule has 0 N–H and O–H groups in total. The van der Waals surface area contributed by atoms with Crippen molar-refractivity contribution in [2.45, 2.75) is 6.43 Å². The van der Waals surface area contributed by atoms with Crippen LogP contribution in [0.2, 0.25) is 5.15 Å². The third-order valence-corrected chi connectivity index (χ3v) is 2.30. The van der Waals surface area contributed by atoms with E-state index in [0.29, 0.717) is 0 Å². The van der Waals surface area contributed by atoms with Gasteiger partial charge in [0.25, 0.3) is 6.43 Å². The fourth-order valence-corrected chi connectivity index (χ4v) is 1.49. The molecule has 0 fully saturated rings. The summed E-state index contributed by atoms with van der Waals surface area (Å²) in [4.78, 5) is 0. The first-order valence-corrected chi connectivity index (χ1v) is 4.77. The molecule has 0 saturated heterocycles. The molecule has 0 aliphatic rings. The van der Waals surface area contributed by atoms with E-state index in [4.69, 9.17) is 16.9 Å². The molecule has 2 aromatic rings. The monoisotopic (exact) mass is 255 g/mol. The summed E-state index contributed by atoms with van der Waals surface area (Å²) >= 11 is 5.79. The van der Waals surface area contributed by atoms with Crippen LogP contribution in [0.5, 0.6) is 0 Å². The van der Waals surface area contributed by atoms with Crippen LogP contribution < -0.4 is 0 Å². The molecule has 0 atom stereocenters. The average molecular weight is 256 g/mol. The minimum atomic E-state index is -2.87. The first-order valence-electron chi connectivity index (χ1n) is 4.40. The number of nitrogens with zero attached hydrogens (tertiary/aromatic N) is 5. The summed E-state index contributed by atoms with van der Waals surface area (Å²) in [5, 5.41) is 19.3. The first kappa shape index (κ1) is 11.4. The lowest BCUT2D eigenvalue weighted by Gasteiger charge is -1.98. The minimum Gasteiger partial charge on any atom is -0.203 e. The van der Waals surface area contributed by atoms with E-state index in [1.165, 1.54) is 12.3 Å². The van der Waals surface area contributed by atoms with Crippen molar-refractivity contribution in [3.8, 4) is 11.9 Å². The summed E-state index contributed by atoms with van der Waals surface area (Å²) < 4.78 is 26.2. The van der Waals surface area contributed by atoms with Crippen molar-refractivity contribution in [3.05, 3.63) is 34.7 Å². The van der Waals surface area contributed by atoms with Crippen LogP contribution in [-0.2, 0) is 0 Å². The van der Waals surface area contributed by atoms with Crippen LogP contribution in [-0.4, -0.2) is 20.0 Å². The lowest BCUT2D eigenvalue weighted by atomic mass is 10.3. The fourth-order valence-electron chi connectivity index (χ4n) is 1.23. The number of alkyl halides is 2. The standard InChI is InChI=1S/C9H4ClF2N5/c10-8-5(4-13)7(9(11)12)16-17(8)6-2-1-3-14-15-6/h1-3,9H. The maximum Gasteiger partial charge on any atom is 0.283 e. The third kappa shape index (κ3) is 1.94. The van der Waals surface area contributed by atoms with E-state index >= 15 is 0 Å². The Morgan fingerprint density at radius 2 is 2.24 bits per heavy atom. The summed E-state index contributed by atoms with van der Waals surface area (Å²) in [6, 6.07) is 4.63. The Hall–Kier alpha value is -2.07. The largest absolute Gasteiger partial charge is 0.283 e. The van der Waals surface area contributed by atoms with Crippen LogP contribution in [0.15, 0.2) is 18.3 Å². The highest BCUT2D eigenvalue weighted by Gasteiger charge is 2.24. The van der Waals surface area contributed by atoms with Crippen LogP contribution >= 0.6 is 11.6 Å². The normalized spacial score (nSPS) is 10.5. The zero-order valence-corrected chi connectivity index (χ0v) is 8.94. The molecule has 5 nitrogen and oxygen atoms in total. The molecule has 0 amide bonds. The Bertz CT molecular complexity index is 575. The van der Waals surface area contributed by atoms with Crippen LogP contribution in [0.3, 0.4) is 0 Å². The molecular weight excluding hydrogens is 252 g/mol. The van der Waals surface area contributed by atoms with Crippen LogP contribution in [0, 0.1) is 11.3 Å². The molecule has 17 heavy (non-hydrogen) atoms. The van der Waals surface area contributed by atoms with Crippen LogP contribution in [0.25, 0.3) is 5.82 Å². The average Bonchev–Trinajstić information content (AvgIpc) is 2.67. The maximum atomic E-state index is 12.6. The number of nitriles is 1. The smallest absolute Gasteiger partial charge is 0.203 e. The van der Waals surface area contributed by atoms with Gasteiger partial charge in [-0.25, -0.2) is 13.5 Å². The van der Waals surface area contributed by atoms with Crippen LogP contribution in [0.4, 0.5) is 8.78 Å². The van der Waals surface area contributed by atoms with Gasteiger partial charge in [-0.05, 0) is 12.1 Å². The molecule has 0 aliphatic heterocycles. The summed E-state index contributed by atoms with van der Waals surface area (Å²) in [6.45, 7) is 0. The van der Waals surface area contributed by atoms with Crippen molar-refractivity contribution in [2.75, 3.05) is 0 Å². The Morgan fingerprint density at radius 1 is 1.47 bits per heavy atom. The second-order valence-electron chi connectivity index (χ2n) is 2.96. The van der Waals surface area contributed by atoms with E-state index in [2.05, 4.69) is 15.3 Å². The molecule has 0 bridgehead atoms. The van der Waals surface area contributed by atoms with Gasteiger partial charge >= 0.3 is 0 Å². The highest BCUT2D eigenvalue weighted by atomic mass is 35.5. The van der Waals surface area contributed by atoms with E-state index in [1.54, 1.807) is 12.1 Å². The van der Waals surface area contributed by atoms with Crippen LogP contribution in [0.1, 0.15) is 17.7 Å². The lowest BCUT2D eigenvalue weighted by molar-refractivity contribution is 0.145. The summed E-state index contributed by atoms with van der Waals surface area (Å²) in [6.07, 6.45) is -1.46. The Labute approximate surface area is 99.3 Å². The topological polar surface area (TPSA) is 67.4 Å². The number of hydrogen-bond donors (Lipinski definition) is 0. The zero-order valence-electron chi connectivity index (χ0n) is 8.18. The molecule has 0 saturated carbocycles. The van der Waals surface area contributed by atoms with Crippen molar-refractivity contribution >= 4 is 11.6 Å². The zero-order chi connectivity index (χ0) is 12.4. The van der Waals surface area contributed by atoms with Gasteiger partial charge in [0.15, 0.2) is 11.0 Å². The van der Waals surface area contributed by atoms with Gasteiger partial charge in [-0.2, -0.15) is 15.5 Å². The van der Waals surface area contributed by atoms with Gasteiger partial charge in [0.05, 0.1) is 0 Å². The van der Waals surface area contributed by atoms with Gasteiger partial charge in [0.2, 0.25) is 0 Å². The van der Waals surface area contributed by atoms with E-state index in [-0.39, 0.29) is 16.5 Å². The molecule has 0 aromatic carbocycles. The van der Waals surface area contributed by atoms with Crippen molar-refractivity contribution in [1.29, 1.82) is 5.26 Å². The fraction of sp³-hybridized carbons (Fsp3) is 0.111. The number of halogens is 3. The predicted molar refractivity (Wildman–Crippen MR) is 53.8 cm³/mol. The lowest BCUT2D eigenvalue weighted by Crippen LogP contribution is -2.01. The maximum absolute atomic E-state index is 12.6. The van der Waals surface area contributed by atoms with Gasteiger partial charge in [0, 0.05) is 6.20 Å². The third-order valence-electron chi connectivity index (χ3n) is 1.95. The highest BCUT2D eigenvalue weighted by Crippen LogP contribution is 2.28. The Balaban J connectivity index is 2.62. The second kappa shape index (κ2) is 4.43. The number of hydrogen-bond acceptors (Lipinski definition) is 4. The molecule has 2 rings (SSSR count). The van der Waals surface area contributed by atoms with Gasteiger partial charge in [0.1, 0.15) is 17.3 Å². The predicted octanol–water partition coefficient (Wildman–Crippen LogP) is 2.12.